The molecule has 19 heavy (non-hydrogen) atoms. The van der Waals surface area contributed by atoms with Gasteiger partial charge in [0.1, 0.15) is 10.3 Å². The van der Waals surface area contributed by atoms with E-state index in [9.17, 15) is 13.6 Å². The zero-order valence-corrected chi connectivity index (χ0v) is 11.4. The predicted molar refractivity (Wildman–Crippen MR) is 68.6 cm³/mol. The molecule has 0 fully saturated rings. The summed E-state index contributed by atoms with van der Waals surface area (Å²) in [4.78, 5) is 18.3. The Kier molecular flexibility index (Phi) is 4.06. The van der Waals surface area contributed by atoms with Crippen LogP contribution in [0, 0.1) is 11.6 Å². The molecule has 0 radical (unpaired) electrons. The number of methoxy groups -OCH3 is 1. The highest BCUT2D eigenvalue weighted by Crippen LogP contribution is 2.19. The summed E-state index contributed by atoms with van der Waals surface area (Å²) in [5.74, 6) is -1.81. The Balaban J connectivity index is 2.56. The topological polar surface area (TPSA) is 55.0 Å². The molecular weight excluding hydrogens is 322 g/mol. The van der Waals surface area contributed by atoms with E-state index in [0.29, 0.717) is 5.69 Å². The van der Waals surface area contributed by atoms with Crippen LogP contribution in [0.15, 0.2) is 27.5 Å². The average molecular weight is 331 g/mol. The number of hydrogen-bond acceptors (Lipinski definition) is 3. The van der Waals surface area contributed by atoms with Gasteiger partial charge in [-0.2, -0.15) is 0 Å². The van der Waals surface area contributed by atoms with E-state index in [2.05, 4.69) is 25.9 Å². The van der Waals surface area contributed by atoms with Gasteiger partial charge in [0.15, 0.2) is 11.6 Å². The van der Waals surface area contributed by atoms with Crippen molar-refractivity contribution in [3.8, 4) is 11.4 Å². The van der Waals surface area contributed by atoms with E-state index in [1.165, 1.54) is 13.2 Å². The number of benzene rings is 1. The molecule has 0 bridgehead atoms. The maximum absolute atomic E-state index is 13.2. The fraction of sp³-hybridized carbons (Fsp3) is 0.167. The number of nitrogens with one attached hydrogen (secondary N) is 1. The lowest BCUT2D eigenvalue weighted by atomic mass is 10.2. The Labute approximate surface area is 115 Å². The molecule has 0 saturated heterocycles. The molecule has 7 heteroatoms. The minimum Gasteiger partial charge on any atom is -0.378 e. The van der Waals surface area contributed by atoms with Crippen LogP contribution in [-0.2, 0) is 11.3 Å². The summed E-state index contributed by atoms with van der Waals surface area (Å²) < 4.78 is 31.2. The first-order valence-electron chi connectivity index (χ1n) is 5.26. The number of rotatable bonds is 3. The summed E-state index contributed by atoms with van der Waals surface area (Å²) in [7, 11) is 1.46. The monoisotopic (exact) mass is 330 g/mol. The quantitative estimate of drug-likeness (QED) is 0.941. The first kappa shape index (κ1) is 13.8. The zero-order valence-electron chi connectivity index (χ0n) is 9.84. The van der Waals surface area contributed by atoms with Gasteiger partial charge in [-0.3, -0.25) is 4.79 Å². The van der Waals surface area contributed by atoms with Crippen molar-refractivity contribution in [3.05, 3.63) is 50.4 Å². The fourth-order valence-corrected chi connectivity index (χ4v) is 1.82. The van der Waals surface area contributed by atoms with Crippen molar-refractivity contribution in [3.63, 3.8) is 0 Å². The van der Waals surface area contributed by atoms with Crippen LogP contribution in [0.1, 0.15) is 5.69 Å². The fourth-order valence-electron chi connectivity index (χ4n) is 1.52. The number of H-pyrrole nitrogens is 1. The Bertz CT molecular complexity index is 673. The Morgan fingerprint density at radius 3 is 2.74 bits per heavy atom. The van der Waals surface area contributed by atoms with Gasteiger partial charge < -0.3 is 9.72 Å². The van der Waals surface area contributed by atoms with Gasteiger partial charge >= 0.3 is 0 Å². The van der Waals surface area contributed by atoms with Crippen LogP contribution in [-0.4, -0.2) is 17.1 Å². The van der Waals surface area contributed by atoms with Crippen LogP contribution in [0.25, 0.3) is 11.4 Å². The molecule has 1 aromatic heterocycles. The lowest BCUT2D eigenvalue weighted by Gasteiger charge is -2.06. The number of aromatic amines is 1. The Morgan fingerprint density at radius 1 is 1.37 bits per heavy atom. The molecule has 0 spiro atoms. The average Bonchev–Trinajstić information content (AvgIpc) is 2.38. The highest BCUT2D eigenvalue weighted by atomic mass is 79.9. The summed E-state index contributed by atoms with van der Waals surface area (Å²) in [6, 6.07) is 3.28. The number of aromatic nitrogens is 2. The predicted octanol–water partition coefficient (Wildman–Crippen LogP) is 2.62. The van der Waals surface area contributed by atoms with E-state index in [1.54, 1.807) is 0 Å². The van der Waals surface area contributed by atoms with E-state index in [-0.39, 0.29) is 22.5 Å². The van der Waals surface area contributed by atoms with Crippen molar-refractivity contribution in [2.45, 2.75) is 6.61 Å². The smallest absolute Gasteiger partial charge is 0.265 e. The normalized spacial score (nSPS) is 10.7. The van der Waals surface area contributed by atoms with E-state index >= 15 is 0 Å². The molecule has 1 heterocycles. The van der Waals surface area contributed by atoms with Gasteiger partial charge in [-0.05, 0) is 34.1 Å². The minimum atomic E-state index is -1.00. The Morgan fingerprint density at radius 2 is 2.11 bits per heavy atom. The van der Waals surface area contributed by atoms with Gasteiger partial charge in [0, 0.05) is 12.7 Å². The molecule has 0 saturated carbocycles. The minimum absolute atomic E-state index is 0.126. The van der Waals surface area contributed by atoms with E-state index in [4.69, 9.17) is 4.74 Å². The first-order chi connectivity index (χ1) is 9.02. The molecule has 0 aliphatic carbocycles. The Hall–Kier alpha value is -1.60. The lowest BCUT2D eigenvalue weighted by Crippen LogP contribution is -2.14. The number of halogens is 3. The van der Waals surface area contributed by atoms with Gasteiger partial charge in [0.25, 0.3) is 5.56 Å². The van der Waals surface area contributed by atoms with Crippen LogP contribution >= 0.6 is 15.9 Å². The van der Waals surface area contributed by atoms with Crippen LogP contribution in [0.5, 0.6) is 0 Å². The van der Waals surface area contributed by atoms with E-state index < -0.39 is 17.2 Å². The summed E-state index contributed by atoms with van der Waals surface area (Å²) in [5, 5.41) is 0. The van der Waals surface area contributed by atoms with Gasteiger partial charge in [0.2, 0.25) is 0 Å². The molecule has 0 unspecified atom stereocenters. The van der Waals surface area contributed by atoms with Crippen LogP contribution < -0.4 is 5.56 Å². The SMILES string of the molecule is COCc1nc(-c2ccc(F)c(F)c2)[nH]c(=O)c1Br. The third-order valence-corrected chi connectivity index (χ3v) is 3.22. The molecule has 1 N–H and O–H groups in total. The van der Waals surface area contributed by atoms with E-state index in [1.807, 2.05) is 0 Å². The van der Waals surface area contributed by atoms with Crippen molar-refractivity contribution in [1.82, 2.24) is 9.97 Å². The second-order valence-electron chi connectivity index (χ2n) is 3.74. The number of ether oxygens (including phenoxy) is 1. The van der Waals surface area contributed by atoms with E-state index in [0.717, 1.165) is 12.1 Å². The van der Waals surface area contributed by atoms with Crippen molar-refractivity contribution in [2.24, 2.45) is 0 Å². The van der Waals surface area contributed by atoms with Gasteiger partial charge in [-0.1, -0.05) is 0 Å². The van der Waals surface area contributed by atoms with Crippen LogP contribution in [0.4, 0.5) is 8.78 Å². The zero-order chi connectivity index (χ0) is 14.0. The standard InChI is InChI=1S/C12H9BrF2N2O2/c1-19-5-9-10(13)12(18)17-11(16-9)6-2-3-7(14)8(15)4-6/h2-4H,5H2,1H3,(H,16,17,18). The summed E-state index contributed by atoms with van der Waals surface area (Å²) in [5.41, 5.74) is 0.244. The molecular formula is C12H9BrF2N2O2. The molecule has 0 amide bonds. The molecule has 0 aliphatic heterocycles. The maximum Gasteiger partial charge on any atom is 0.265 e. The molecule has 0 atom stereocenters. The van der Waals surface area contributed by atoms with Crippen LogP contribution in [0.3, 0.4) is 0 Å². The van der Waals surface area contributed by atoms with Gasteiger partial charge in [-0.15, -0.1) is 0 Å². The van der Waals surface area contributed by atoms with Gasteiger partial charge in [-0.25, -0.2) is 13.8 Å². The third kappa shape index (κ3) is 2.87. The maximum atomic E-state index is 13.2. The molecule has 2 aromatic rings. The third-order valence-electron chi connectivity index (χ3n) is 2.41. The van der Waals surface area contributed by atoms with Crippen LogP contribution in [0.2, 0.25) is 0 Å². The van der Waals surface area contributed by atoms with Crippen molar-refractivity contribution in [1.29, 1.82) is 0 Å². The second-order valence-corrected chi connectivity index (χ2v) is 4.53. The summed E-state index contributed by atoms with van der Waals surface area (Å²) in [6.45, 7) is 0.126. The van der Waals surface area contributed by atoms with Crippen molar-refractivity contribution < 1.29 is 13.5 Å². The molecule has 100 valence electrons. The number of hydrogen-bond donors (Lipinski definition) is 1. The highest BCUT2D eigenvalue weighted by Gasteiger charge is 2.12. The molecule has 1 aromatic carbocycles. The second kappa shape index (κ2) is 5.58. The molecule has 0 aliphatic rings. The summed E-state index contributed by atoms with van der Waals surface area (Å²) >= 11 is 3.09. The largest absolute Gasteiger partial charge is 0.378 e. The van der Waals surface area contributed by atoms with Crippen molar-refractivity contribution >= 4 is 15.9 Å². The molecule has 2 rings (SSSR count). The lowest BCUT2D eigenvalue weighted by molar-refractivity contribution is 0.180. The van der Waals surface area contributed by atoms with Gasteiger partial charge in [0.05, 0.1) is 12.3 Å². The summed E-state index contributed by atoms with van der Waals surface area (Å²) in [6.07, 6.45) is 0. The number of nitrogens with zero attached hydrogens (tertiary/aromatic N) is 1. The van der Waals surface area contributed by atoms with Crippen molar-refractivity contribution in [2.75, 3.05) is 7.11 Å². The molecule has 4 nitrogen and oxygen atoms in total. The first-order valence-corrected chi connectivity index (χ1v) is 6.05. The highest BCUT2D eigenvalue weighted by molar-refractivity contribution is 9.10.